The van der Waals surface area contributed by atoms with Gasteiger partial charge in [0.2, 0.25) is 5.91 Å². The molecule has 0 N–H and O–H groups in total. The van der Waals surface area contributed by atoms with Gasteiger partial charge < -0.3 is 4.74 Å². The Morgan fingerprint density at radius 1 is 1.14 bits per heavy atom. The fourth-order valence-electron chi connectivity index (χ4n) is 2.95. The molecular formula is C22H18ClN3O2S. The van der Waals surface area contributed by atoms with Crippen LogP contribution >= 0.6 is 22.9 Å². The van der Waals surface area contributed by atoms with E-state index in [9.17, 15) is 4.79 Å². The van der Waals surface area contributed by atoms with Crippen LogP contribution in [0.4, 0.5) is 5.13 Å². The van der Waals surface area contributed by atoms with Gasteiger partial charge in [-0.25, -0.2) is 4.98 Å². The van der Waals surface area contributed by atoms with Gasteiger partial charge in [0, 0.05) is 17.4 Å². The van der Waals surface area contributed by atoms with E-state index in [1.807, 2.05) is 48.5 Å². The number of amides is 1. The third-order valence-electron chi connectivity index (χ3n) is 4.45. The van der Waals surface area contributed by atoms with Gasteiger partial charge in [0.1, 0.15) is 5.75 Å². The van der Waals surface area contributed by atoms with E-state index < -0.39 is 0 Å². The molecule has 2 aromatic heterocycles. The van der Waals surface area contributed by atoms with Crippen LogP contribution in [-0.4, -0.2) is 23.0 Å². The lowest BCUT2D eigenvalue weighted by Crippen LogP contribution is -2.31. The van der Waals surface area contributed by atoms with Gasteiger partial charge in [0.05, 0.1) is 30.3 Å². The van der Waals surface area contributed by atoms with Crippen LogP contribution in [0.25, 0.3) is 10.2 Å². The quantitative estimate of drug-likeness (QED) is 0.431. The second-order valence-electron chi connectivity index (χ2n) is 6.47. The van der Waals surface area contributed by atoms with E-state index in [0.29, 0.717) is 16.7 Å². The summed E-state index contributed by atoms with van der Waals surface area (Å²) in [6.07, 6.45) is 3.74. The number of hydrogen-bond acceptors (Lipinski definition) is 5. The Kier molecular flexibility index (Phi) is 5.74. The van der Waals surface area contributed by atoms with Gasteiger partial charge in [-0.1, -0.05) is 41.1 Å². The zero-order valence-electron chi connectivity index (χ0n) is 15.7. The number of ether oxygens (including phenoxy) is 1. The van der Waals surface area contributed by atoms with E-state index in [4.69, 9.17) is 16.3 Å². The number of benzene rings is 2. The largest absolute Gasteiger partial charge is 0.497 e. The Bertz CT molecular complexity index is 1130. The van der Waals surface area contributed by atoms with Gasteiger partial charge in [-0.15, -0.1) is 0 Å². The Morgan fingerprint density at radius 2 is 1.97 bits per heavy atom. The van der Waals surface area contributed by atoms with Crippen molar-refractivity contribution in [3.63, 3.8) is 0 Å². The molecule has 0 fully saturated rings. The molecule has 5 nitrogen and oxygen atoms in total. The maximum Gasteiger partial charge on any atom is 0.233 e. The van der Waals surface area contributed by atoms with Crippen molar-refractivity contribution in [2.45, 2.75) is 13.0 Å². The lowest BCUT2D eigenvalue weighted by atomic mass is 10.1. The number of aromatic nitrogens is 2. The van der Waals surface area contributed by atoms with Gasteiger partial charge in [0.15, 0.2) is 5.13 Å². The molecule has 7 heteroatoms. The number of anilines is 1. The Balaban J connectivity index is 1.65. The first-order chi connectivity index (χ1) is 14.1. The van der Waals surface area contributed by atoms with Crippen molar-refractivity contribution in [3.8, 4) is 5.75 Å². The standard InChI is InChI=1S/C22H18ClN3O2S/c1-28-18-7-4-15(5-8-18)11-21(27)26(14-16-3-2-10-24-13-16)22-25-19-9-6-17(23)12-20(19)29-22/h2-10,12-13H,11,14H2,1H3. The van der Waals surface area contributed by atoms with Crippen molar-refractivity contribution < 1.29 is 9.53 Å². The molecule has 4 rings (SSSR count). The molecule has 0 saturated carbocycles. The number of hydrogen-bond donors (Lipinski definition) is 0. The zero-order chi connectivity index (χ0) is 20.2. The zero-order valence-corrected chi connectivity index (χ0v) is 17.3. The van der Waals surface area contributed by atoms with Gasteiger partial charge in [-0.3, -0.25) is 14.7 Å². The van der Waals surface area contributed by atoms with Crippen molar-refractivity contribution in [2.24, 2.45) is 0 Å². The molecule has 146 valence electrons. The second-order valence-corrected chi connectivity index (χ2v) is 7.92. The summed E-state index contributed by atoms with van der Waals surface area (Å²) in [4.78, 5) is 23.8. The van der Waals surface area contributed by atoms with Crippen LogP contribution in [0.5, 0.6) is 5.75 Å². The summed E-state index contributed by atoms with van der Waals surface area (Å²) in [5.74, 6) is 0.723. The summed E-state index contributed by atoms with van der Waals surface area (Å²) in [6, 6.07) is 16.9. The topological polar surface area (TPSA) is 55.3 Å². The van der Waals surface area contributed by atoms with Crippen molar-refractivity contribution in [1.82, 2.24) is 9.97 Å². The highest BCUT2D eigenvalue weighted by Gasteiger charge is 2.21. The molecule has 0 saturated heterocycles. The molecule has 1 amide bonds. The van der Waals surface area contributed by atoms with Crippen molar-refractivity contribution in [2.75, 3.05) is 12.0 Å². The van der Waals surface area contributed by atoms with Crippen LogP contribution in [0.3, 0.4) is 0 Å². The minimum Gasteiger partial charge on any atom is -0.497 e. The highest BCUT2D eigenvalue weighted by Crippen LogP contribution is 2.32. The number of nitrogens with zero attached hydrogens (tertiary/aromatic N) is 3. The van der Waals surface area contributed by atoms with Gasteiger partial charge in [-0.05, 0) is 47.5 Å². The number of thiazole rings is 1. The average Bonchev–Trinajstić information content (AvgIpc) is 3.16. The maximum atomic E-state index is 13.2. The SMILES string of the molecule is COc1ccc(CC(=O)N(Cc2cccnc2)c2nc3ccc(Cl)cc3s2)cc1. The van der Waals surface area contributed by atoms with E-state index in [1.54, 1.807) is 30.5 Å². The number of fused-ring (bicyclic) bond motifs is 1. The molecule has 0 spiro atoms. The summed E-state index contributed by atoms with van der Waals surface area (Å²) in [5.41, 5.74) is 2.67. The molecule has 2 heterocycles. The highest BCUT2D eigenvalue weighted by molar-refractivity contribution is 7.22. The first kappa shape index (κ1) is 19.4. The van der Waals surface area contributed by atoms with Gasteiger partial charge >= 0.3 is 0 Å². The van der Waals surface area contributed by atoms with Gasteiger partial charge in [-0.2, -0.15) is 0 Å². The molecule has 0 radical (unpaired) electrons. The van der Waals surface area contributed by atoms with Crippen LogP contribution < -0.4 is 9.64 Å². The Morgan fingerprint density at radius 3 is 2.69 bits per heavy atom. The molecule has 0 atom stereocenters. The number of halogens is 1. The van der Waals surface area contributed by atoms with Crippen molar-refractivity contribution in [3.05, 3.63) is 83.1 Å². The predicted molar refractivity (Wildman–Crippen MR) is 117 cm³/mol. The van der Waals surface area contributed by atoms with Crippen LogP contribution in [0, 0.1) is 0 Å². The first-order valence-corrected chi connectivity index (χ1v) is 10.2. The first-order valence-electron chi connectivity index (χ1n) is 9.00. The Labute approximate surface area is 177 Å². The lowest BCUT2D eigenvalue weighted by Gasteiger charge is -2.20. The predicted octanol–water partition coefficient (Wildman–Crippen LogP) is 5.13. The molecule has 4 aromatic rings. The third-order valence-corrected chi connectivity index (χ3v) is 5.73. The number of pyridine rings is 1. The normalized spacial score (nSPS) is 10.8. The molecule has 0 aliphatic rings. The molecule has 2 aromatic carbocycles. The average molecular weight is 424 g/mol. The summed E-state index contributed by atoms with van der Waals surface area (Å²) < 4.78 is 6.14. The van der Waals surface area contributed by atoms with Crippen molar-refractivity contribution >= 4 is 44.2 Å². The van der Waals surface area contributed by atoms with Crippen LogP contribution in [0.15, 0.2) is 67.0 Å². The fourth-order valence-corrected chi connectivity index (χ4v) is 4.21. The van der Waals surface area contributed by atoms with E-state index >= 15 is 0 Å². The van der Waals surface area contributed by atoms with Crippen LogP contribution in [0.2, 0.25) is 5.02 Å². The number of rotatable bonds is 6. The molecule has 0 bridgehead atoms. The summed E-state index contributed by atoms with van der Waals surface area (Å²) in [7, 11) is 1.62. The van der Waals surface area contributed by atoms with E-state index in [0.717, 1.165) is 27.1 Å². The van der Waals surface area contributed by atoms with E-state index in [-0.39, 0.29) is 12.3 Å². The minimum absolute atomic E-state index is 0.0378. The molecule has 0 aliphatic carbocycles. The molecular weight excluding hydrogens is 406 g/mol. The second kappa shape index (κ2) is 8.59. The van der Waals surface area contributed by atoms with Crippen LogP contribution in [0.1, 0.15) is 11.1 Å². The number of methoxy groups -OCH3 is 1. The molecule has 29 heavy (non-hydrogen) atoms. The molecule has 0 unspecified atom stereocenters. The summed E-state index contributed by atoms with van der Waals surface area (Å²) >= 11 is 7.56. The minimum atomic E-state index is -0.0378. The summed E-state index contributed by atoms with van der Waals surface area (Å²) in [5, 5.41) is 1.29. The smallest absolute Gasteiger partial charge is 0.233 e. The van der Waals surface area contributed by atoms with Gasteiger partial charge in [0.25, 0.3) is 0 Å². The third kappa shape index (κ3) is 4.55. The number of carbonyl (C=O) groups excluding carboxylic acids is 1. The Hall–Kier alpha value is -2.96. The fraction of sp³-hybridized carbons (Fsp3) is 0.136. The molecule has 0 aliphatic heterocycles. The van der Waals surface area contributed by atoms with E-state index in [1.165, 1.54) is 11.3 Å². The monoisotopic (exact) mass is 423 g/mol. The van der Waals surface area contributed by atoms with E-state index in [2.05, 4.69) is 9.97 Å². The summed E-state index contributed by atoms with van der Waals surface area (Å²) in [6.45, 7) is 0.399. The van der Waals surface area contributed by atoms with Crippen LogP contribution in [-0.2, 0) is 17.8 Å². The van der Waals surface area contributed by atoms with Crippen molar-refractivity contribution in [1.29, 1.82) is 0 Å². The highest BCUT2D eigenvalue weighted by atomic mass is 35.5. The lowest BCUT2D eigenvalue weighted by molar-refractivity contribution is -0.118. The number of carbonyl (C=O) groups is 1. The maximum absolute atomic E-state index is 13.2.